The molecule has 1 aromatic carbocycles. The number of ketones is 1. The molecule has 20 heavy (non-hydrogen) atoms. The lowest BCUT2D eigenvalue weighted by Crippen LogP contribution is -2.13. The molecule has 0 aliphatic carbocycles. The Hall–Kier alpha value is -2.30. The minimum Gasteiger partial charge on any atom is -0.497 e. The summed E-state index contributed by atoms with van der Waals surface area (Å²) in [4.78, 5) is 23.3. The average Bonchev–Trinajstić information content (AvgIpc) is 2.44. The quantitative estimate of drug-likeness (QED) is 0.345. The number of hydrogen-bond acceptors (Lipinski definition) is 5. The van der Waals surface area contributed by atoms with E-state index in [-0.39, 0.29) is 18.0 Å². The van der Waals surface area contributed by atoms with E-state index in [1.807, 2.05) is 0 Å². The molecule has 5 nitrogen and oxygen atoms in total. The fourth-order valence-electron chi connectivity index (χ4n) is 1.61. The van der Waals surface area contributed by atoms with Crippen LogP contribution in [0, 0.1) is 0 Å². The molecule has 5 heteroatoms. The first-order chi connectivity index (χ1) is 9.53. The van der Waals surface area contributed by atoms with Crippen LogP contribution in [0.4, 0.5) is 0 Å². The molecule has 0 aliphatic rings. The summed E-state index contributed by atoms with van der Waals surface area (Å²) in [5, 5.41) is 0. The maximum Gasteiger partial charge on any atom is 0.341 e. The van der Waals surface area contributed by atoms with Gasteiger partial charge in [0.1, 0.15) is 17.1 Å². The summed E-state index contributed by atoms with van der Waals surface area (Å²) < 4.78 is 15.2. The third-order valence-electron chi connectivity index (χ3n) is 2.62. The van der Waals surface area contributed by atoms with Crippen LogP contribution in [0.3, 0.4) is 0 Å². The third kappa shape index (κ3) is 3.85. The van der Waals surface area contributed by atoms with Crippen LogP contribution >= 0.6 is 0 Å². The van der Waals surface area contributed by atoms with E-state index in [0.29, 0.717) is 17.1 Å². The average molecular weight is 278 g/mol. The van der Waals surface area contributed by atoms with Gasteiger partial charge in [-0.15, -0.1) is 0 Å². The second kappa shape index (κ2) is 7.33. The summed E-state index contributed by atoms with van der Waals surface area (Å²) in [7, 11) is 3.05. The Balaban J connectivity index is 3.23. The van der Waals surface area contributed by atoms with Crippen molar-refractivity contribution in [1.29, 1.82) is 0 Å². The topological polar surface area (TPSA) is 61.8 Å². The predicted octanol–water partition coefficient (Wildman–Crippen LogP) is 2.24. The molecular formula is C15H18O5. The van der Waals surface area contributed by atoms with Crippen molar-refractivity contribution in [3.63, 3.8) is 0 Å². The van der Waals surface area contributed by atoms with Crippen molar-refractivity contribution in [3.8, 4) is 11.5 Å². The Morgan fingerprint density at radius 3 is 2.40 bits per heavy atom. The maximum atomic E-state index is 11.7. The van der Waals surface area contributed by atoms with Crippen molar-refractivity contribution >= 4 is 17.8 Å². The second-order valence-electron chi connectivity index (χ2n) is 3.94. The molecule has 0 saturated carbocycles. The highest BCUT2D eigenvalue weighted by molar-refractivity contribution is 6.19. The first kappa shape index (κ1) is 15.8. The van der Waals surface area contributed by atoms with Gasteiger partial charge in [0.15, 0.2) is 5.78 Å². The summed E-state index contributed by atoms with van der Waals surface area (Å²) in [6.45, 7) is 3.21. The lowest BCUT2D eigenvalue weighted by molar-refractivity contribution is -0.139. The first-order valence-corrected chi connectivity index (χ1v) is 6.15. The molecule has 0 heterocycles. The van der Waals surface area contributed by atoms with Crippen LogP contribution in [0.5, 0.6) is 11.5 Å². The van der Waals surface area contributed by atoms with Gasteiger partial charge in [-0.3, -0.25) is 4.79 Å². The van der Waals surface area contributed by atoms with Gasteiger partial charge < -0.3 is 14.2 Å². The van der Waals surface area contributed by atoms with E-state index in [4.69, 9.17) is 14.2 Å². The number of carbonyl (C=O) groups excluding carboxylic acids is 2. The van der Waals surface area contributed by atoms with Crippen LogP contribution in [0.1, 0.15) is 19.4 Å². The highest BCUT2D eigenvalue weighted by atomic mass is 16.5. The molecule has 0 unspecified atom stereocenters. The van der Waals surface area contributed by atoms with Gasteiger partial charge in [0, 0.05) is 11.6 Å². The van der Waals surface area contributed by atoms with E-state index in [1.54, 1.807) is 32.2 Å². The second-order valence-corrected chi connectivity index (χ2v) is 3.94. The lowest BCUT2D eigenvalue weighted by Gasteiger charge is -2.09. The van der Waals surface area contributed by atoms with Gasteiger partial charge in [-0.05, 0) is 32.1 Å². The summed E-state index contributed by atoms with van der Waals surface area (Å²) in [6, 6.07) is 5.10. The molecule has 108 valence electrons. The number of esters is 1. The van der Waals surface area contributed by atoms with Crippen molar-refractivity contribution in [1.82, 2.24) is 0 Å². The predicted molar refractivity (Wildman–Crippen MR) is 74.8 cm³/mol. The van der Waals surface area contributed by atoms with Crippen LogP contribution < -0.4 is 9.47 Å². The van der Waals surface area contributed by atoms with Crippen molar-refractivity contribution in [3.05, 3.63) is 29.3 Å². The van der Waals surface area contributed by atoms with E-state index in [2.05, 4.69) is 0 Å². The molecule has 0 aromatic heterocycles. The zero-order valence-corrected chi connectivity index (χ0v) is 12.1. The summed E-state index contributed by atoms with van der Waals surface area (Å²) in [6.07, 6.45) is 1.46. The van der Waals surface area contributed by atoms with E-state index in [0.717, 1.165) is 0 Å². The van der Waals surface area contributed by atoms with Gasteiger partial charge in [-0.1, -0.05) is 0 Å². The largest absolute Gasteiger partial charge is 0.497 e. The van der Waals surface area contributed by atoms with Crippen LogP contribution in [-0.4, -0.2) is 32.6 Å². The van der Waals surface area contributed by atoms with E-state index >= 15 is 0 Å². The van der Waals surface area contributed by atoms with Gasteiger partial charge in [0.05, 0.1) is 20.8 Å². The van der Waals surface area contributed by atoms with E-state index < -0.39 is 5.97 Å². The highest BCUT2D eigenvalue weighted by Crippen LogP contribution is 2.26. The number of hydrogen-bond donors (Lipinski definition) is 0. The molecule has 0 amide bonds. The first-order valence-electron chi connectivity index (χ1n) is 6.15. The van der Waals surface area contributed by atoms with Crippen molar-refractivity contribution in [2.45, 2.75) is 13.8 Å². The number of carbonyl (C=O) groups is 2. The standard InChI is InChI=1S/C15H18O5/c1-5-20-15(17)13(10(2)16)8-11-6-7-12(18-3)9-14(11)19-4/h6-9H,5H2,1-4H3/b13-8-. The van der Waals surface area contributed by atoms with Gasteiger partial charge in [0.2, 0.25) is 0 Å². The highest BCUT2D eigenvalue weighted by Gasteiger charge is 2.16. The number of methoxy groups -OCH3 is 2. The molecule has 0 fully saturated rings. The Labute approximate surface area is 118 Å². The fourth-order valence-corrected chi connectivity index (χ4v) is 1.61. The summed E-state index contributed by atoms with van der Waals surface area (Å²) in [5.41, 5.74) is 0.585. The summed E-state index contributed by atoms with van der Waals surface area (Å²) in [5.74, 6) is 0.131. The molecule has 0 saturated heterocycles. The molecule has 0 spiro atoms. The summed E-state index contributed by atoms with van der Waals surface area (Å²) >= 11 is 0. The number of ether oxygens (including phenoxy) is 3. The molecule has 0 radical (unpaired) electrons. The van der Waals surface area contributed by atoms with Crippen LogP contribution in [0.25, 0.3) is 6.08 Å². The molecule has 1 aromatic rings. The molecule has 0 N–H and O–H groups in total. The monoisotopic (exact) mass is 278 g/mol. The van der Waals surface area contributed by atoms with Crippen molar-refractivity contribution in [2.24, 2.45) is 0 Å². The number of benzene rings is 1. The van der Waals surface area contributed by atoms with Crippen LogP contribution in [-0.2, 0) is 14.3 Å². The SMILES string of the molecule is CCOC(=O)/C(=C\c1ccc(OC)cc1OC)C(C)=O. The van der Waals surface area contributed by atoms with Gasteiger partial charge in [-0.25, -0.2) is 4.79 Å². The molecule has 1 rings (SSSR count). The molecule has 0 bridgehead atoms. The van der Waals surface area contributed by atoms with Crippen molar-refractivity contribution in [2.75, 3.05) is 20.8 Å². The Bertz CT molecular complexity index is 531. The smallest absolute Gasteiger partial charge is 0.341 e. The Morgan fingerprint density at radius 2 is 1.90 bits per heavy atom. The molecular weight excluding hydrogens is 260 g/mol. The molecule has 0 aliphatic heterocycles. The van der Waals surface area contributed by atoms with Gasteiger partial charge in [0.25, 0.3) is 0 Å². The molecule has 0 atom stereocenters. The third-order valence-corrected chi connectivity index (χ3v) is 2.62. The van der Waals surface area contributed by atoms with E-state index in [1.165, 1.54) is 20.1 Å². The van der Waals surface area contributed by atoms with Crippen LogP contribution in [0.2, 0.25) is 0 Å². The number of Topliss-reactive ketones (excluding diaryl/α,β-unsaturated/α-hetero) is 1. The lowest BCUT2D eigenvalue weighted by atomic mass is 10.1. The van der Waals surface area contributed by atoms with Gasteiger partial charge in [-0.2, -0.15) is 0 Å². The normalized spacial score (nSPS) is 10.9. The zero-order chi connectivity index (χ0) is 15.1. The number of rotatable bonds is 6. The van der Waals surface area contributed by atoms with E-state index in [9.17, 15) is 9.59 Å². The Morgan fingerprint density at radius 1 is 1.20 bits per heavy atom. The minimum atomic E-state index is -0.641. The Kier molecular flexibility index (Phi) is 5.77. The maximum absolute atomic E-state index is 11.7. The minimum absolute atomic E-state index is 0.0182. The van der Waals surface area contributed by atoms with Crippen molar-refractivity contribution < 1.29 is 23.8 Å². The zero-order valence-electron chi connectivity index (χ0n) is 12.1. The van der Waals surface area contributed by atoms with Gasteiger partial charge >= 0.3 is 5.97 Å². The fraction of sp³-hybridized carbons (Fsp3) is 0.333. The van der Waals surface area contributed by atoms with Crippen LogP contribution in [0.15, 0.2) is 23.8 Å².